The van der Waals surface area contributed by atoms with Gasteiger partial charge in [-0.15, -0.1) is 0 Å². The topological polar surface area (TPSA) is 33.5 Å². The number of halogens is 2. The minimum atomic E-state index is -0.0475. The smallest absolute Gasteiger partial charge is 0.258 e. The maximum Gasteiger partial charge on any atom is 0.258 e. The van der Waals surface area contributed by atoms with Crippen LogP contribution in [0.15, 0.2) is 59.0 Å². The van der Waals surface area contributed by atoms with Crippen molar-refractivity contribution in [2.45, 2.75) is 0 Å². The minimum absolute atomic E-state index is 0.0475. The standard InChI is InChI=1S/C20H13Cl2NO2/c1-23-18-5-3-2-4-14(18)15(20(23)24)11-13-7-9-19(25-13)12-6-8-16(21)17(22)10-12/h2-11H,1H3/b15-11+. The minimum Gasteiger partial charge on any atom is -0.457 e. The molecule has 1 aliphatic rings. The molecule has 1 aliphatic heterocycles. The van der Waals surface area contributed by atoms with Crippen molar-refractivity contribution in [2.24, 2.45) is 0 Å². The lowest BCUT2D eigenvalue weighted by Crippen LogP contribution is -2.20. The van der Waals surface area contributed by atoms with Crippen molar-refractivity contribution >= 4 is 46.4 Å². The molecule has 0 atom stereocenters. The third-order valence-corrected chi connectivity index (χ3v) is 4.95. The molecule has 0 bridgehead atoms. The molecule has 1 aromatic heterocycles. The molecule has 4 rings (SSSR count). The molecule has 1 amide bonds. The van der Waals surface area contributed by atoms with Crippen molar-refractivity contribution in [3.8, 4) is 11.3 Å². The molecule has 0 saturated heterocycles. The van der Waals surface area contributed by atoms with Crippen LogP contribution in [0.5, 0.6) is 0 Å². The van der Waals surface area contributed by atoms with Gasteiger partial charge < -0.3 is 9.32 Å². The number of para-hydroxylation sites is 1. The SMILES string of the molecule is CN1C(=O)/C(=C/c2ccc(-c3ccc(Cl)c(Cl)c3)o2)c2ccccc21. The van der Waals surface area contributed by atoms with Crippen LogP contribution in [0.1, 0.15) is 11.3 Å². The highest BCUT2D eigenvalue weighted by molar-refractivity contribution is 6.42. The predicted molar refractivity (Wildman–Crippen MR) is 102 cm³/mol. The Balaban J connectivity index is 1.73. The Morgan fingerprint density at radius 2 is 1.80 bits per heavy atom. The highest BCUT2D eigenvalue weighted by Crippen LogP contribution is 2.37. The molecule has 0 N–H and O–H groups in total. The van der Waals surface area contributed by atoms with E-state index < -0.39 is 0 Å². The van der Waals surface area contributed by atoms with Gasteiger partial charge in [-0.25, -0.2) is 0 Å². The van der Waals surface area contributed by atoms with E-state index in [9.17, 15) is 4.79 Å². The first-order valence-electron chi connectivity index (χ1n) is 7.69. The average Bonchev–Trinajstić information content (AvgIpc) is 3.17. The number of amides is 1. The second-order valence-electron chi connectivity index (χ2n) is 5.77. The van der Waals surface area contributed by atoms with Gasteiger partial charge in [-0.05, 0) is 42.5 Å². The lowest BCUT2D eigenvalue weighted by Gasteiger charge is -2.07. The van der Waals surface area contributed by atoms with Gasteiger partial charge in [-0.1, -0.05) is 41.4 Å². The number of carbonyl (C=O) groups is 1. The van der Waals surface area contributed by atoms with E-state index in [2.05, 4.69) is 0 Å². The van der Waals surface area contributed by atoms with Crippen molar-refractivity contribution in [3.05, 3.63) is 76.0 Å². The van der Waals surface area contributed by atoms with E-state index in [1.165, 1.54) is 0 Å². The van der Waals surface area contributed by atoms with E-state index in [1.54, 1.807) is 30.2 Å². The number of rotatable bonds is 2. The molecule has 25 heavy (non-hydrogen) atoms. The van der Waals surface area contributed by atoms with Crippen LogP contribution < -0.4 is 4.90 Å². The molecule has 0 fully saturated rings. The van der Waals surface area contributed by atoms with Crippen LogP contribution in [0.3, 0.4) is 0 Å². The molecule has 0 saturated carbocycles. The molecule has 124 valence electrons. The molecular formula is C20H13Cl2NO2. The van der Waals surface area contributed by atoms with Crippen LogP contribution in [0.4, 0.5) is 5.69 Å². The average molecular weight is 370 g/mol. The van der Waals surface area contributed by atoms with E-state index in [0.717, 1.165) is 16.8 Å². The summed E-state index contributed by atoms with van der Waals surface area (Å²) >= 11 is 12.0. The van der Waals surface area contributed by atoms with Crippen LogP contribution in [0.25, 0.3) is 23.0 Å². The first-order valence-corrected chi connectivity index (χ1v) is 8.44. The quantitative estimate of drug-likeness (QED) is 0.537. The van der Waals surface area contributed by atoms with Gasteiger partial charge in [0.25, 0.3) is 5.91 Å². The zero-order valence-electron chi connectivity index (χ0n) is 13.3. The number of hydrogen-bond acceptors (Lipinski definition) is 2. The third-order valence-electron chi connectivity index (χ3n) is 4.21. The number of anilines is 1. The highest BCUT2D eigenvalue weighted by Gasteiger charge is 2.29. The molecular weight excluding hydrogens is 357 g/mol. The third kappa shape index (κ3) is 2.76. The molecule has 3 aromatic rings. The fourth-order valence-electron chi connectivity index (χ4n) is 2.92. The summed E-state index contributed by atoms with van der Waals surface area (Å²) < 4.78 is 5.88. The number of carbonyl (C=O) groups excluding carboxylic acids is 1. The number of hydrogen-bond donors (Lipinski definition) is 0. The van der Waals surface area contributed by atoms with Crippen molar-refractivity contribution in [2.75, 3.05) is 11.9 Å². The normalized spacial score (nSPS) is 15.1. The van der Waals surface area contributed by atoms with Crippen molar-refractivity contribution in [3.63, 3.8) is 0 Å². The zero-order valence-corrected chi connectivity index (χ0v) is 14.8. The second-order valence-corrected chi connectivity index (χ2v) is 6.58. The van der Waals surface area contributed by atoms with Crippen molar-refractivity contribution in [1.29, 1.82) is 0 Å². The van der Waals surface area contributed by atoms with Gasteiger partial charge in [0.15, 0.2) is 0 Å². The van der Waals surface area contributed by atoms with Gasteiger partial charge >= 0.3 is 0 Å². The maximum absolute atomic E-state index is 12.5. The van der Waals surface area contributed by atoms with Crippen LogP contribution >= 0.6 is 23.2 Å². The molecule has 2 heterocycles. The van der Waals surface area contributed by atoms with Gasteiger partial charge in [0.05, 0.1) is 21.3 Å². The van der Waals surface area contributed by atoms with Crippen LogP contribution in [0.2, 0.25) is 10.0 Å². The summed E-state index contributed by atoms with van der Waals surface area (Å²) in [6, 6.07) is 16.7. The summed E-state index contributed by atoms with van der Waals surface area (Å²) in [5.74, 6) is 1.22. The van der Waals surface area contributed by atoms with Gasteiger partial charge in [0.1, 0.15) is 11.5 Å². The predicted octanol–water partition coefficient (Wildman–Crippen LogP) is 5.77. The molecule has 0 radical (unpaired) electrons. The zero-order chi connectivity index (χ0) is 17.6. The van der Waals surface area contributed by atoms with Crippen molar-refractivity contribution in [1.82, 2.24) is 0 Å². The summed E-state index contributed by atoms with van der Waals surface area (Å²) in [6.45, 7) is 0. The fourth-order valence-corrected chi connectivity index (χ4v) is 3.21. The van der Waals surface area contributed by atoms with E-state index in [-0.39, 0.29) is 5.91 Å². The molecule has 2 aromatic carbocycles. The molecule has 3 nitrogen and oxygen atoms in total. The highest BCUT2D eigenvalue weighted by atomic mass is 35.5. The summed E-state index contributed by atoms with van der Waals surface area (Å²) in [5.41, 5.74) is 3.25. The van der Waals surface area contributed by atoms with Gasteiger partial charge in [-0.3, -0.25) is 4.79 Å². The summed E-state index contributed by atoms with van der Waals surface area (Å²) in [4.78, 5) is 14.2. The number of furan rings is 1. The Labute approximate surface area is 155 Å². The molecule has 5 heteroatoms. The maximum atomic E-state index is 12.5. The molecule has 0 aliphatic carbocycles. The van der Waals surface area contributed by atoms with Gasteiger partial charge in [0, 0.05) is 18.2 Å². The Kier molecular flexibility index (Phi) is 3.91. The fraction of sp³-hybridized carbons (Fsp3) is 0.0500. The molecule has 0 spiro atoms. The Morgan fingerprint density at radius 3 is 2.60 bits per heavy atom. The van der Waals surface area contributed by atoms with E-state index in [0.29, 0.717) is 27.1 Å². The largest absolute Gasteiger partial charge is 0.457 e. The second kappa shape index (κ2) is 6.10. The Morgan fingerprint density at radius 1 is 1.00 bits per heavy atom. The number of likely N-dealkylation sites (N-methyl/N-ethyl adjacent to an activating group) is 1. The number of benzene rings is 2. The van der Waals surface area contributed by atoms with Gasteiger partial charge in [0.2, 0.25) is 0 Å². The monoisotopic (exact) mass is 369 g/mol. The summed E-state index contributed by atoms with van der Waals surface area (Å²) in [5, 5.41) is 0.965. The van der Waals surface area contributed by atoms with E-state index in [1.807, 2.05) is 42.5 Å². The Hall–Kier alpha value is -2.49. The first kappa shape index (κ1) is 16.0. The molecule has 0 unspecified atom stereocenters. The van der Waals surface area contributed by atoms with Crippen molar-refractivity contribution < 1.29 is 9.21 Å². The lowest BCUT2D eigenvalue weighted by molar-refractivity contribution is -0.112. The van der Waals surface area contributed by atoms with Gasteiger partial charge in [-0.2, -0.15) is 0 Å². The number of fused-ring (bicyclic) bond motifs is 1. The van der Waals surface area contributed by atoms with Crippen LogP contribution in [-0.4, -0.2) is 13.0 Å². The van der Waals surface area contributed by atoms with E-state index >= 15 is 0 Å². The first-order chi connectivity index (χ1) is 12.0. The van der Waals surface area contributed by atoms with Crippen LogP contribution in [-0.2, 0) is 4.79 Å². The number of nitrogens with zero attached hydrogens (tertiary/aromatic N) is 1. The summed E-state index contributed by atoms with van der Waals surface area (Å²) in [7, 11) is 1.77. The van der Waals surface area contributed by atoms with Crippen LogP contribution in [0, 0.1) is 0 Å². The summed E-state index contributed by atoms with van der Waals surface area (Å²) in [6.07, 6.45) is 1.77. The van der Waals surface area contributed by atoms with E-state index in [4.69, 9.17) is 27.6 Å². The Bertz CT molecular complexity index is 1020. The lowest BCUT2D eigenvalue weighted by atomic mass is 10.1.